The summed E-state index contributed by atoms with van der Waals surface area (Å²) in [5, 5.41) is 6.92. The lowest BCUT2D eigenvalue weighted by atomic mass is 10.1. The Morgan fingerprint density at radius 2 is 1.74 bits per heavy atom. The predicted molar refractivity (Wildman–Crippen MR) is 106 cm³/mol. The number of rotatable bonds is 4. The smallest absolute Gasteiger partial charge is 0.276 e. The molecule has 0 atom stereocenters. The molecule has 0 radical (unpaired) electrons. The molecular weight excluding hydrogens is 338 g/mol. The van der Waals surface area contributed by atoms with Gasteiger partial charge < -0.3 is 5.32 Å². The monoisotopic (exact) mass is 357 g/mol. The number of carbonyl (C=O) groups excluding carboxylic acids is 1. The van der Waals surface area contributed by atoms with Gasteiger partial charge in [0.2, 0.25) is 0 Å². The first-order valence-electron chi connectivity index (χ1n) is 8.72. The van der Waals surface area contributed by atoms with Crippen LogP contribution in [0.4, 0.5) is 5.69 Å². The lowest BCUT2D eigenvalue weighted by Crippen LogP contribution is -2.26. The molecule has 0 aliphatic heterocycles. The minimum Gasteiger partial charge on any atom is -0.321 e. The Hall–Kier alpha value is -3.65. The van der Waals surface area contributed by atoms with E-state index in [1.165, 1.54) is 16.8 Å². The predicted octanol–water partition coefficient (Wildman–Crippen LogP) is 3.31. The van der Waals surface area contributed by atoms with Crippen LogP contribution in [-0.4, -0.2) is 15.7 Å². The lowest BCUT2D eigenvalue weighted by molar-refractivity contribution is 0.102. The van der Waals surface area contributed by atoms with Crippen LogP contribution in [0.3, 0.4) is 0 Å². The SMILES string of the molecule is CCCn1nc(C(=O)Nc2cccc(C#Cc3ccccc3)c2)ccc1=O. The molecule has 1 aromatic heterocycles. The molecule has 1 N–H and O–H groups in total. The van der Waals surface area contributed by atoms with E-state index in [2.05, 4.69) is 22.3 Å². The van der Waals surface area contributed by atoms with Crippen molar-refractivity contribution in [2.24, 2.45) is 0 Å². The van der Waals surface area contributed by atoms with E-state index in [9.17, 15) is 9.59 Å². The van der Waals surface area contributed by atoms with Gasteiger partial charge in [-0.15, -0.1) is 0 Å². The molecule has 0 spiro atoms. The molecular formula is C22H19N3O2. The van der Waals surface area contributed by atoms with Gasteiger partial charge in [-0.3, -0.25) is 9.59 Å². The number of hydrogen-bond donors (Lipinski definition) is 1. The average molecular weight is 357 g/mol. The van der Waals surface area contributed by atoms with Crippen molar-refractivity contribution in [2.45, 2.75) is 19.9 Å². The highest BCUT2D eigenvalue weighted by atomic mass is 16.2. The Morgan fingerprint density at radius 1 is 1.00 bits per heavy atom. The molecule has 134 valence electrons. The molecule has 3 aromatic rings. The third kappa shape index (κ3) is 4.93. The van der Waals surface area contributed by atoms with Crippen molar-refractivity contribution < 1.29 is 4.79 Å². The van der Waals surface area contributed by atoms with Crippen LogP contribution in [0.2, 0.25) is 0 Å². The molecule has 3 rings (SSSR count). The summed E-state index contributed by atoms with van der Waals surface area (Å²) in [7, 11) is 0. The van der Waals surface area contributed by atoms with Crippen molar-refractivity contribution in [2.75, 3.05) is 5.32 Å². The first-order chi connectivity index (χ1) is 13.2. The largest absolute Gasteiger partial charge is 0.321 e. The zero-order valence-electron chi connectivity index (χ0n) is 15.0. The summed E-state index contributed by atoms with van der Waals surface area (Å²) >= 11 is 0. The Balaban J connectivity index is 1.76. The number of amides is 1. The van der Waals surface area contributed by atoms with E-state index < -0.39 is 0 Å². The number of anilines is 1. The summed E-state index contributed by atoms with van der Waals surface area (Å²) in [6, 6.07) is 19.8. The van der Waals surface area contributed by atoms with Gasteiger partial charge in [0.1, 0.15) is 5.69 Å². The van der Waals surface area contributed by atoms with E-state index in [-0.39, 0.29) is 17.2 Å². The zero-order chi connectivity index (χ0) is 19.1. The van der Waals surface area contributed by atoms with Crippen molar-refractivity contribution in [3.63, 3.8) is 0 Å². The maximum atomic E-state index is 12.4. The maximum Gasteiger partial charge on any atom is 0.276 e. The van der Waals surface area contributed by atoms with Crippen LogP contribution in [0.5, 0.6) is 0 Å². The standard InChI is InChI=1S/C22H19N3O2/c1-2-15-25-21(26)14-13-20(24-25)22(27)23-19-10-6-9-18(16-19)12-11-17-7-4-3-5-8-17/h3-10,13-14,16H,2,15H2,1H3,(H,23,27). The highest BCUT2D eigenvalue weighted by Crippen LogP contribution is 2.11. The number of carbonyl (C=O) groups is 1. The van der Waals surface area contributed by atoms with Crippen molar-refractivity contribution in [3.8, 4) is 11.8 Å². The minimum absolute atomic E-state index is 0.198. The van der Waals surface area contributed by atoms with E-state index in [1.807, 2.05) is 49.4 Å². The Kier molecular flexibility index (Phi) is 5.80. The fourth-order valence-corrected chi connectivity index (χ4v) is 2.48. The van der Waals surface area contributed by atoms with Gasteiger partial charge in [-0.2, -0.15) is 5.10 Å². The van der Waals surface area contributed by atoms with Gasteiger partial charge in [-0.1, -0.05) is 43.0 Å². The summed E-state index contributed by atoms with van der Waals surface area (Å²) in [5.74, 6) is 5.81. The van der Waals surface area contributed by atoms with E-state index in [0.717, 1.165) is 17.5 Å². The molecule has 0 bridgehead atoms. The molecule has 0 saturated carbocycles. The quantitative estimate of drug-likeness (QED) is 0.729. The molecule has 0 unspecified atom stereocenters. The van der Waals surface area contributed by atoms with Crippen molar-refractivity contribution in [1.29, 1.82) is 0 Å². The van der Waals surface area contributed by atoms with Gasteiger partial charge in [0.05, 0.1) is 0 Å². The number of nitrogens with zero attached hydrogens (tertiary/aromatic N) is 2. The summed E-state index contributed by atoms with van der Waals surface area (Å²) in [5.41, 5.74) is 2.32. The van der Waals surface area contributed by atoms with Gasteiger partial charge in [0.15, 0.2) is 0 Å². The third-order valence-corrected chi connectivity index (χ3v) is 3.78. The molecule has 0 aliphatic rings. The van der Waals surface area contributed by atoms with Gasteiger partial charge in [-0.25, -0.2) is 4.68 Å². The summed E-state index contributed by atoms with van der Waals surface area (Å²) in [4.78, 5) is 24.2. The van der Waals surface area contributed by atoms with Crippen molar-refractivity contribution in [3.05, 3.63) is 93.9 Å². The van der Waals surface area contributed by atoms with E-state index in [0.29, 0.717) is 12.2 Å². The van der Waals surface area contributed by atoms with Crippen LogP contribution < -0.4 is 10.9 Å². The second kappa shape index (κ2) is 8.63. The van der Waals surface area contributed by atoms with Crippen LogP contribution in [-0.2, 0) is 6.54 Å². The van der Waals surface area contributed by atoms with E-state index in [4.69, 9.17) is 0 Å². The summed E-state index contributed by atoms with van der Waals surface area (Å²) < 4.78 is 1.30. The first-order valence-corrected chi connectivity index (χ1v) is 8.72. The van der Waals surface area contributed by atoms with Crippen LogP contribution in [0.1, 0.15) is 35.0 Å². The van der Waals surface area contributed by atoms with Crippen LogP contribution in [0, 0.1) is 11.8 Å². The van der Waals surface area contributed by atoms with Crippen LogP contribution >= 0.6 is 0 Å². The topological polar surface area (TPSA) is 64.0 Å². The average Bonchev–Trinajstić information content (AvgIpc) is 2.69. The molecule has 2 aromatic carbocycles. The Morgan fingerprint density at radius 3 is 2.52 bits per heavy atom. The molecule has 0 aliphatic carbocycles. The number of hydrogen-bond acceptors (Lipinski definition) is 3. The molecule has 27 heavy (non-hydrogen) atoms. The van der Waals surface area contributed by atoms with Crippen molar-refractivity contribution >= 4 is 11.6 Å². The number of nitrogens with one attached hydrogen (secondary N) is 1. The normalized spacial score (nSPS) is 9.96. The molecule has 5 heteroatoms. The minimum atomic E-state index is -0.368. The number of benzene rings is 2. The molecule has 5 nitrogen and oxygen atoms in total. The molecule has 0 saturated heterocycles. The fraction of sp³-hybridized carbons (Fsp3) is 0.136. The molecule has 1 amide bonds. The zero-order valence-corrected chi connectivity index (χ0v) is 15.0. The van der Waals surface area contributed by atoms with Crippen LogP contribution in [0.15, 0.2) is 71.5 Å². The maximum absolute atomic E-state index is 12.4. The van der Waals surface area contributed by atoms with Gasteiger partial charge >= 0.3 is 0 Å². The number of aromatic nitrogens is 2. The number of aryl methyl sites for hydroxylation is 1. The first kappa shape index (κ1) is 18.2. The summed E-state index contributed by atoms with van der Waals surface area (Å²) in [6.07, 6.45) is 0.764. The van der Waals surface area contributed by atoms with Gasteiger partial charge in [0, 0.05) is 29.4 Å². The van der Waals surface area contributed by atoms with Gasteiger partial charge in [0.25, 0.3) is 11.5 Å². The fourth-order valence-electron chi connectivity index (χ4n) is 2.48. The highest BCUT2D eigenvalue weighted by Gasteiger charge is 2.10. The Labute approximate surface area is 157 Å². The van der Waals surface area contributed by atoms with E-state index >= 15 is 0 Å². The third-order valence-electron chi connectivity index (χ3n) is 3.78. The lowest BCUT2D eigenvalue weighted by Gasteiger charge is -2.07. The second-order valence-electron chi connectivity index (χ2n) is 5.93. The Bertz CT molecular complexity index is 1060. The summed E-state index contributed by atoms with van der Waals surface area (Å²) in [6.45, 7) is 2.42. The van der Waals surface area contributed by atoms with E-state index in [1.54, 1.807) is 12.1 Å². The highest BCUT2D eigenvalue weighted by molar-refractivity contribution is 6.02. The molecule has 1 heterocycles. The second-order valence-corrected chi connectivity index (χ2v) is 5.93. The van der Waals surface area contributed by atoms with Crippen LogP contribution in [0.25, 0.3) is 0 Å². The molecule has 0 fully saturated rings. The van der Waals surface area contributed by atoms with Crippen molar-refractivity contribution in [1.82, 2.24) is 9.78 Å². The van der Waals surface area contributed by atoms with Gasteiger partial charge in [-0.05, 0) is 42.8 Å².